The van der Waals surface area contributed by atoms with Gasteiger partial charge in [0.15, 0.2) is 5.78 Å². The zero-order valence-electron chi connectivity index (χ0n) is 13.9. The Labute approximate surface area is 141 Å². The molecule has 122 valence electrons. The highest BCUT2D eigenvalue weighted by molar-refractivity contribution is 7.14. The van der Waals surface area contributed by atoms with Crippen molar-refractivity contribution in [2.45, 2.75) is 46.1 Å². The predicted octanol–water partition coefficient (Wildman–Crippen LogP) is 4.46. The smallest absolute Gasteiger partial charge is 0.220 e. The molecule has 1 N–H and O–H groups in total. The first-order valence-electron chi connectivity index (χ1n) is 7.97. The number of hydrogen-bond donors (Lipinski definition) is 1. The second kappa shape index (κ2) is 8.06. The van der Waals surface area contributed by atoms with Gasteiger partial charge in [-0.3, -0.25) is 9.59 Å². The first-order chi connectivity index (χ1) is 11.0. The fourth-order valence-corrected chi connectivity index (χ4v) is 3.21. The molecule has 1 aromatic heterocycles. The van der Waals surface area contributed by atoms with E-state index in [0.29, 0.717) is 0 Å². The molecular weight excluding hydrogens is 306 g/mol. The Morgan fingerprint density at radius 1 is 1.09 bits per heavy atom. The molecule has 0 aliphatic carbocycles. The van der Waals surface area contributed by atoms with Crippen LogP contribution in [0.5, 0.6) is 0 Å². The van der Waals surface area contributed by atoms with Gasteiger partial charge in [-0.1, -0.05) is 31.2 Å². The summed E-state index contributed by atoms with van der Waals surface area (Å²) >= 11 is 1.48. The number of carbonyl (C=O) groups is 2. The van der Waals surface area contributed by atoms with Gasteiger partial charge >= 0.3 is 0 Å². The normalized spacial score (nSPS) is 12.0. The molecule has 0 spiro atoms. The van der Waals surface area contributed by atoms with Gasteiger partial charge in [0.05, 0.1) is 10.9 Å². The minimum atomic E-state index is -0.0845. The number of rotatable bonds is 7. The minimum absolute atomic E-state index is 0.0400. The summed E-state index contributed by atoms with van der Waals surface area (Å²) in [5.74, 6) is -0.0445. The van der Waals surface area contributed by atoms with Crippen LogP contribution in [0, 0.1) is 6.92 Å². The number of ketones is 1. The fraction of sp³-hybridized carbons (Fsp3) is 0.368. The van der Waals surface area contributed by atoms with Crippen LogP contribution in [0.1, 0.15) is 58.4 Å². The van der Waals surface area contributed by atoms with Gasteiger partial charge < -0.3 is 5.32 Å². The van der Waals surface area contributed by atoms with Crippen molar-refractivity contribution in [3.05, 3.63) is 57.3 Å². The molecule has 3 nitrogen and oxygen atoms in total. The van der Waals surface area contributed by atoms with E-state index in [-0.39, 0.29) is 30.6 Å². The van der Waals surface area contributed by atoms with Crippen LogP contribution in [0.3, 0.4) is 0 Å². The van der Waals surface area contributed by atoms with Crippen molar-refractivity contribution in [2.75, 3.05) is 0 Å². The fourth-order valence-electron chi connectivity index (χ4n) is 2.37. The van der Waals surface area contributed by atoms with E-state index in [2.05, 4.69) is 24.4 Å². The number of aryl methyl sites for hydroxylation is 2. The maximum atomic E-state index is 12.0. The SMILES string of the molecule is CCc1ccc(C(C)NC(=O)CCC(=O)c2ccc(C)s2)cc1. The van der Waals surface area contributed by atoms with Gasteiger partial charge in [0.2, 0.25) is 5.91 Å². The highest BCUT2D eigenvalue weighted by Crippen LogP contribution is 2.18. The first-order valence-corrected chi connectivity index (χ1v) is 8.79. The van der Waals surface area contributed by atoms with E-state index in [1.165, 1.54) is 16.9 Å². The third-order valence-corrected chi connectivity index (χ3v) is 4.90. The van der Waals surface area contributed by atoms with Crippen LogP contribution in [-0.2, 0) is 11.2 Å². The molecule has 1 amide bonds. The summed E-state index contributed by atoms with van der Waals surface area (Å²) < 4.78 is 0. The van der Waals surface area contributed by atoms with E-state index in [9.17, 15) is 9.59 Å². The standard InChI is InChI=1S/C19H23NO2S/c1-4-15-6-8-16(9-7-15)14(3)20-19(22)12-10-17(21)18-11-5-13(2)23-18/h5-9,11,14H,4,10,12H2,1-3H3,(H,20,22). The minimum Gasteiger partial charge on any atom is -0.350 e. The summed E-state index contributed by atoms with van der Waals surface area (Å²) in [6, 6.07) is 12.0. The lowest BCUT2D eigenvalue weighted by Gasteiger charge is -2.14. The number of hydrogen-bond acceptors (Lipinski definition) is 3. The molecule has 0 aliphatic heterocycles. The van der Waals surface area contributed by atoms with Crippen LogP contribution < -0.4 is 5.32 Å². The second-order valence-corrected chi connectivity index (χ2v) is 7.01. The zero-order chi connectivity index (χ0) is 16.8. The average Bonchev–Trinajstić information content (AvgIpc) is 2.99. The summed E-state index contributed by atoms with van der Waals surface area (Å²) in [5, 5.41) is 2.96. The van der Waals surface area contributed by atoms with Crippen LogP contribution in [0.15, 0.2) is 36.4 Å². The molecule has 0 bridgehead atoms. The van der Waals surface area contributed by atoms with Gasteiger partial charge in [0.1, 0.15) is 0 Å². The van der Waals surface area contributed by atoms with Gasteiger partial charge in [0.25, 0.3) is 0 Å². The molecule has 1 unspecified atom stereocenters. The average molecular weight is 329 g/mol. The molecule has 2 rings (SSSR count). The Hall–Kier alpha value is -1.94. The van der Waals surface area contributed by atoms with E-state index in [1.54, 1.807) is 0 Å². The van der Waals surface area contributed by atoms with Gasteiger partial charge in [-0.25, -0.2) is 0 Å². The quantitative estimate of drug-likeness (QED) is 0.762. The molecule has 23 heavy (non-hydrogen) atoms. The Bertz CT molecular complexity index is 673. The Balaban J connectivity index is 1.82. The highest BCUT2D eigenvalue weighted by Gasteiger charge is 2.13. The van der Waals surface area contributed by atoms with Crippen LogP contribution >= 0.6 is 11.3 Å². The molecule has 4 heteroatoms. The maximum absolute atomic E-state index is 12.0. The van der Waals surface area contributed by atoms with Crippen molar-refractivity contribution in [3.8, 4) is 0 Å². The number of thiophene rings is 1. The topological polar surface area (TPSA) is 46.2 Å². The van der Waals surface area contributed by atoms with Crippen molar-refractivity contribution in [3.63, 3.8) is 0 Å². The lowest BCUT2D eigenvalue weighted by Crippen LogP contribution is -2.26. The summed E-state index contributed by atoms with van der Waals surface area (Å²) in [6.07, 6.45) is 1.49. The molecular formula is C19H23NO2S. The largest absolute Gasteiger partial charge is 0.350 e. The molecule has 1 aromatic carbocycles. The van der Waals surface area contributed by atoms with E-state index < -0.39 is 0 Å². The van der Waals surface area contributed by atoms with Crippen molar-refractivity contribution in [1.29, 1.82) is 0 Å². The van der Waals surface area contributed by atoms with Crippen LogP contribution in [-0.4, -0.2) is 11.7 Å². The van der Waals surface area contributed by atoms with Crippen LogP contribution in [0.4, 0.5) is 0 Å². The highest BCUT2D eigenvalue weighted by atomic mass is 32.1. The molecule has 0 saturated heterocycles. The summed E-state index contributed by atoms with van der Waals surface area (Å²) in [6.45, 7) is 6.05. The second-order valence-electron chi connectivity index (χ2n) is 5.72. The first kappa shape index (κ1) is 17.4. The molecule has 0 fully saturated rings. The van der Waals surface area contributed by atoms with Crippen molar-refractivity contribution >= 4 is 23.0 Å². The lowest BCUT2D eigenvalue weighted by molar-refractivity contribution is -0.121. The van der Waals surface area contributed by atoms with E-state index in [1.807, 2.05) is 38.1 Å². The number of amides is 1. The summed E-state index contributed by atoms with van der Waals surface area (Å²) in [7, 11) is 0. The summed E-state index contributed by atoms with van der Waals surface area (Å²) in [5.41, 5.74) is 2.36. The molecule has 1 atom stereocenters. The molecule has 0 aliphatic rings. The van der Waals surface area contributed by atoms with Crippen LogP contribution in [0.2, 0.25) is 0 Å². The molecule has 1 heterocycles. The predicted molar refractivity (Wildman–Crippen MR) is 95.0 cm³/mol. The van der Waals surface area contributed by atoms with Crippen molar-refractivity contribution in [1.82, 2.24) is 5.32 Å². The monoisotopic (exact) mass is 329 g/mol. The Kier molecular flexibility index (Phi) is 6.11. The maximum Gasteiger partial charge on any atom is 0.220 e. The van der Waals surface area contributed by atoms with Gasteiger partial charge in [-0.2, -0.15) is 0 Å². The molecule has 2 aromatic rings. The Morgan fingerprint density at radius 2 is 1.78 bits per heavy atom. The van der Waals surface area contributed by atoms with Crippen molar-refractivity contribution < 1.29 is 9.59 Å². The van der Waals surface area contributed by atoms with Crippen molar-refractivity contribution in [2.24, 2.45) is 0 Å². The molecule has 0 saturated carbocycles. The van der Waals surface area contributed by atoms with Gasteiger partial charge in [-0.05, 0) is 43.5 Å². The molecule has 0 radical (unpaired) electrons. The number of benzene rings is 1. The zero-order valence-corrected chi connectivity index (χ0v) is 14.7. The van der Waals surface area contributed by atoms with E-state index in [4.69, 9.17) is 0 Å². The third-order valence-electron chi connectivity index (χ3n) is 3.86. The van der Waals surface area contributed by atoms with E-state index >= 15 is 0 Å². The van der Waals surface area contributed by atoms with Crippen LogP contribution in [0.25, 0.3) is 0 Å². The lowest BCUT2D eigenvalue weighted by atomic mass is 10.0. The third kappa shape index (κ3) is 5.03. The number of Topliss-reactive ketones (excluding diaryl/α,β-unsaturated/α-hetero) is 1. The van der Waals surface area contributed by atoms with Gasteiger partial charge in [-0.15, -0.1) is 11.3 Å². The number of nitrogens with one attached hydrogen (secondary N) is 1. The number of carbonyl (C=O) groups excluding carboxylic acids is 2. The van der Waals surface area contributed by atoms with E-state index in [0.717, 1.165) is 21.7 Å². The Morgan fingerprint density at radius 3 is 2.35 bits per heavy atom. The van der Waals surface area contributed by atoms with Gasteiger partial charge in [0, 0.05) is 17.7 Å². The summed E-state index contributed by atoms with van der Waals surface area (Å²) in [4.78, 5) is 25.9.